The molecule has 12 heavy (non-hydrogen) atoms. The largest absolute Gasteiger partial charge is 0.329 e. The Morgan fingerprint density at radius 3 is 2.75 bits per heavy atom. The van der Waals surface area contributed by atoms with Crippen LogP contribution in [0.2, 0.25) is 0 Å². The van der Waals surface area contributed by atoms with Gasteiger partial charge in [0.25, 0.3) is 0 Å². The molecule has 3 N–H and O–H groups in total. The topological polar surface area (TPSA) is 50.9 Å². The van der Waals surface area contributed by atoms with E-state index in [9.17, 15) is 0 Å². The van der Waals surface area contributed by atoms with Gasteiger partial charge in [-0.1, -0.05) is 0 Å². The van der Waals surface area contributed by atoms with Crippen molar-refractivity contribution in [3.05, 3.63) is 30.1 Å². The molecular weight excluding hydrogens is 150 g/mol. The fraction of sp³-hybridized carbons (Fsp3) is 0.444. The van der Waals surface area contributed by atoms with E-state index >= 15 is 0 Å². The molecule has 1 aromatic heterocycles. The Morgan fingerprint density at radius 1 is 1.50 bits per heavy atom. The van der Waals surface area contributed by atoms with Gasteiger partial charge in [-0.15, -0.1) is 0 Å². The van der Waals surface area contributed by atoms with E-state index in [1.54, 1.807) is 12.4 Å². The third-order valence-electron chi connectivity index (χ3n) is 1.76. The molecule has 0 saturated carbocycles. The highest BCUT2D eigenvalue weighted by Gasteiger charge is 1.96. The molecule has 1 atom stereocenters. The number of hydrogen-bond acceptors (Lipinski definition) is 3. The summed E-state index contributed by atoms with van der Waals surface area (Å²) >= 11 is 0. The van der Waals surface area contributed by atoms with Crippen LogP contribution in [-0.2, 0) is 6.54 Å². The second-order valence-corrected chi connectivity index (χ2v) is 2.87. The van der Waals surface area contributed by atoms with Crippen molar-refractivity contribution in [3.8, 4) is 0 Å². The van der Waals surface area contributed by atoms with Gasteiger partial charge in [0.15, 0.2) is 0 Å². The molecule has 1 heterocycles. The van der Waals surface area contributed by atoms with Gasteiger partial charge >= 0.3 is 0 Å². The fourth-order valence-electron chi connectivity index (χ4n) is 0.876. The predicted octanol–water partition coefficient (Wildman–Crippen LogP) is 0.518. The number of aromatic nitrogens is 1. The van der Waals surface area contributed by atoms with Crippen molar-refractivity contribution in [3.63, 3.8) is 0 Å². The molecule has 3 heteroatoms. The summed E-state index contributed by atoms with van der Waals surface area (Å²) in [4.78, 5) is 3.94. The van der Waals surface area contributed by atoms with Crippen LogP contribution in [0.15, 0.2) is 24.5 Å². The highest BCUT2D eigenvalue weighted by Crippen LogP contribution is 1.95. The van der Waals surface area contributed by atoms with Gasteiger partial charge in [-0.3, -0.25) is 4.98 Å². The van der Waals surface area contributed by atoms with E-state index < -0.39 is 0 Å². The first-order valence-electron chi connectivity index (χ1n) is 4.15. The highest BCUT2D eigenvalue weighted by atomic mass is 14.9. The smallest absolute Gasteiger partial charge is 0.0271 e. The third kappa shape index (κ3) is 2.98. The van der Waals surface area contributed by atoms with Crippen LogP contribution in [0.3, 0.4) is 0 Å². The van der Waals surface area contributed by atoms with Gasteiger partial charge < -0.3 is 11.1 Å². The molecule has 0 aliphatic carbocycles. The lowest BCUT2D eigenvalue weighted by molar-refractivity contribution is 0.556. The van der Waals surface area contributed by atoms with Crippen molar-refractivity contribution in [1.29, 1.82) is 0 Å². The lowest BCUT2D eigenvalue weighted by atomic mass is 10.2. The summed E-state index contributed by atoms with van der Waals surface area (Å²) in [7, 11) is 0. The number of rotatable bonds is 4. The zero-order valence-corrected chi connectivity index (χ0v) is 7.33. The molecule has 0 bridgehead atoms. The SMILES string of the molecule is CC(CN)NCc1ccncc1. The Hall–Kier alpha value is -0.930. The molecule has 0 amide bonds. The maximum atomic E-state index is 5.46. The third-order valence-corrected chi connectivity index (χ3v) is 1.76. The number of nitrogens with one attached hydrogen (secondary N) is 1. The molecular formula is C9H15N3. The van der Waals surface area contributed by atoms with Gasteiger partial charge in [0.1, 0.15) is 0 Å². The summed E-state index contributed by atoms with van der Waals surface area (Å²) in [5, 5.41) is 3.30. The van der Waals surface area contributed by atoms with Crippen molar-refractivity contribution in [2.24, 2.45) is 5.73 Å². The highest BCUT2D eigenvalue weighted by molar-refractivity contribution is 5.09. The molecule has 0 aliphatic heterocycles. The lowest BCUT2D eigenvalue weighted by Crippen LogP contribution is -2.32. The van der Waals surface area contributed by atoms with Crippen LogP contribution in [0, 0.1) is 0 Å². The molecule has 0 radical (unpaired) electrons. The average molecular weight is 165 g/mol. The first kappa shape index (κ1) is 9.16. The van der Waals surface area contributed by atoms with Crippen LogP contribution in [0.1, 0.15) is 12.5 Å². The number of nitrogens with zero attached hydrogens (tertiary/aromatic N) is 1. The van der Waals surface area contributed by atoms with Crippen molar-refractivity contribution in [2.45, 2.75) is 19.5 Å². The number of nitrogens with two attached hydrogens (primary N) is 1. The van der Waals surface area contributed by atoms with Gasteiger partial charge in [-0.25, -0.2) is 0 Å². The predicted molar refractivity (Wildman–Crippen MR) is 49.6 cm³/mol. The molecule has 0 fully saturated rings. The van der Waals surface area contributed by atoms with E-state index in [-0.39, 0.29) is 0 Å². The maximum Gasteiger partial charge on any atom is 0.0271 e. The second kappa shape index (κ2) is 4.85. The van der Waals surface area contributed by atoms with Gasteiger partial charge in [-0.05, 0) is 24.6 Å². The summed E-state index contributed by atoms with van der Waals surface area (Å²) in [6.07, 6.45) is 3.59. The summed E-state index contributed by atoms with van der Waals surface area (Å²) in [5.41, 5.74) is 6.70. The molecule has 0 saturated heterocycles. The minimum absolute atomic E-state index is 0.373. The van der Waals surface area contributed by atoms with Crippen LogP contribution in [0.5, 0.6) is 0 Å². The Balaban J connectivity index is 2.33. The van der Waals surface area contributed by atoms with Crippen molar-refractivity contribution in [2.75, 3.05) is 6.54 Å². The summed E-state index contributed by atoms with van der Waals surface area (Å²) in [6, 6.07) is 4.37. The van der Waals surface area contributed by atoms with Crippen molar-refractivity contribution in [1.82, 2.24) is 10.3 Å². The molecule has 66 valence electrons. The number of pyridine rings is 1. The van der Waals surface area contributed by atoms with Crippen LogP contribution in [0.4, 0.5) is 0 Å². The van der Waals surface area contributed by atoms with Crippen LogP contribution in [-0.4, -0.2) is 17.6 Å². The van der Waals surface area contributed by atoms with E-state index in [1.807, 2.05) is 12.1 Å². The van der Waals surface area contributed by atoms with Gasteiger partial charge in [0.2, 0.25) is 0 Å². The minimum atomic E-state index is 0.373. The average Bonchev–Trinajstić information content (AvgIpc) is 2.16. The Bertz CT molecular complexity index is 210. The van der Waals surface area contributed by atoms with Crippen LogP contribution < -0.4 is 11.1 Å². The minimum Gasteiger partial charge on any atom is -0.329 e. The molecule has 0 aliphatic rings. The van der Waals surface area contributed by atoms with Gasteiger partial charge in [0.05, 0.1) is 0 Å². The van der Waals surface area contributed by atoms with Crippen molar-refractivity contribution < 1.29 is 0 Å². The standard InChI is InChI=1S/C9H15N3/c1-8(6-10)12-7-9-2-4-11-5-3-9/h2-5,8,12H,6-7,10H2,1H3. The quantitative estimate of drug-likeness (QED) is 0.683. The molecule has 1 aromatic rings. The van der Waals surface area contributed by atoms with E-state index in [2.05, 4.69) is 17.2 Å². The maximum absolute atomic E-state index is 5.46. The second-order valence-electron chi connectivity index (χ2n) is 2.87. The molecule has 1 rings (SSSR count). The fourth-order valence-corrected chi connectivity index (χ4v) is 0.876. The Kier molecular flexibility index (Phi) is 3.70. The Morgan fingerprint density at radius 2 is 2.17 bits per heavy atom. The summed E-state index contributed by atoms with van der Waals surface area (Å²) < 4.78 is 0. The number of hydrogen-bond donors (Lipinski definition) is 2. The normalized spacial score (nSPS) is 12.8. The first-order valence-corrected chi connectivity index (χ1v) is 4.15. The summed E-state index contributed by atoms with van der Waals surface area (Å²) in [6.45, 7) is 3.60. The zero-order valence-electron chi connectivity index (χ0n) is 7.33. The molecule has 0 aromatic carbocycles. The zero-order chi connectivity index (χ0) is 8.81. The first-order chi connectivity index (χ1) is 5.83. The summed E-state index contributed by atoms with van der Waals surface area (Å²) in [5.74, 6) is 0. The van der Waals surface area contributed by atoms with Gasteiger partial charge in [-0.2, -0.15) is 0 Å². The van der Waals surface area contributed by atoms with E-state index in [0.717, 1.165) is 6.54 Å². The van der Waals surface area contributed by atoms with E-state index in [1.165, 1.54) is 5.56 Å². The van der Waals surface area contributed by atoms with E-state index in [4.69, 9.17) is 5.73 Å². The molecule has 1 unspecified atom stereocenters. The Labute approximate surface area is 73.0 Å². The van der Waals surface area contributed by atoms with Crippen LogP contribution >= 0.6 is 0 Å². The van der Waals surface area contributed by atoms with Crippen LogP contribution in [0.25, 0.3) is 0 Å². The molecule has 3 nitrogen and oxygen atoms in total. The monoisotopic (exact) mass is 165 g/mol. The van der Waals surface area contributed by atoms with Gasteiger partial charge in [0, 0.05) is 31.5 Å². The van der Waals surface area contributed by atoms with Crippen molar-refractivity contribution >= 4 is 0 Å². The molecule has 0 spiro atoms. The lowest BCUT2D eigenvalue weighted by Gasteiger charge is -2.10. The van der Waals surface area contributed by atoms with E-state index in [0.29, 0.717) is 12.6 Å².